The van der Waals surface area contributed by atoms with E-state index in [0.29, 0.717) is 30.6 Å². The van der Waals surface area contributed by atoms with Crippen molar-refractivity contribution in [2.24, 2.45) is 5.92 Å². The summed E-state index contributed by atoms with van der Waals surface area (Å²) in [7, 11) is 0. The summed E-state index contributed by atoms with van der Waals surface area (Å²) in [5.74, 6) is 0.979. The molecule has 0 saturated heterocycles. The lowest BCUT2D eigenvalue weighted by Gasteiger charge is -2.37. The van der Waals surface area contributed by atoms with Crippen molar-refractivity contribution < 1.29 is 14.3 Å². The molecule has 0 bridgehead atoms. The molecular formula is C23H29ClN2O3S. The van der Waals surface area contributed by atoms with Crippen molar-refractivity contribution in [3.63, 3.8) is 0 Å². The molecule has 1 aromatic heterocycles. The normalized spacial score (nSPS) is 16.7. The Morgan fingerprint density at radius 3 is 2.70 bits per heavy atom. The Hall–Kier alpha value is -2.05. The summed E-state index contributed by atoms with van der Waals surface area (Å²) in [6.45, 7) is 7.43. The number of carbonyl (C=O) groups is 2. The second-order valence-electron chi connectivity index (χ2n) is 7.83. The summed E-state index contributed by atoms with van der Waals surface area (Å²) in [6, 6.07) is 9.15. The van der Waals surface area contributed by atoms with E-state index < -0.39 is 0 Å². The lowest BCUT2D eigenvalue weighted by Crippen LogP contribution is -2.48. The highest BCUT2D eigenvalue weighted by molar-refractivity contribution is 7.10. The van der Waals surface area contributed by atoms with Crippen molar-refractivity contribution in [2.45, 2.75) is 39.7 Å². The Bertz CT molecular complexity index is 868. The van der Waals surface area contributed by atoms with Gasteiger partial charge in [-0.3, -0.25) is 9.59 Å². The number of amides is 2. The van der Waals surface area contributed by atoms with Crippen molar-refractivity contribution >= 4 is 34.8 Å². The molecule has 3 rings (SSSR count). The molecule has 1 aliphatic heterocycles. The molecule has 1 aromatic carbocycles. The van der Waals surface area contributed by atoms with Gasteiger partial charge in [-0.25, -0.2) is 0 Å². The number of nitrogens with zero attached hydrogens (tertiary/aromatic N) is 2. The number of hydrogen-bond donors (Lipinski definition) is 0. The van der Waals surface area contributed by atoms with Crippen LogP contribution in [0.1, 0.15) is 43.7 Å². The van der Waals surface area contributed by atoms with Crippen molar-refractivity contribution in [2.75, 3.05) is 26.2 Å². The van der Waals surface area contributed by atoms with E-state index in [0.717, 1.165) is 24.2 Å². The fourth-order valence-electron chi connectivity index (χ4n) is 3.64. The van der Waals surface area contributed by atoms with Crippen LogP contribution in [0.25, 0.3) is 0 Å². The first-order chi connectivity index (χ1) is 14.4. The Labute approximate surface area is 187 Å². The van der Waals surface area contributed by atoms with E-state index >= 15 is 0 Å². The number of benzene rings is 1. The lowest BCUT2D eigenvalue weighted by atomic mass is 10.00. The summed E-state index contributed by atoms with van der Waals surface area (Å²) in [5.41, 5.74) is 1.14. The van der Waals surface area contributed by atoms with Crippen LogP contribution in [0.5, 0.6) is 5.75 Å². The fraction of sp³-hybridized carbons (Fsp3) is 0.478. The molecule has 162 valence electrons. The highest BCUT2D eigenvalue weighted by atomic mass is 35.5. The van der Waals surface area contributed by atoms with Crippen LogP contribution in [0.2, 0.25) is 5.02 Å². The van der Waals surface area contributed by atoms with E-state index in [1.54, 1.807) is 28.4 Å². The number of ether oxygens (including phenoxy) is 1. The van der Waals surface area contributed by atoms with Crippen molar-refractivity contribution in [3.8, 4) is 5.75 Å². The summed E-state index contributed by atoms with van der Waals surface area (Å²) < 4.78 is 6.01. The second-order valence-corrected chi connectivity index (χ2v) is 9.27. The van der Waals surface area contributed by atoms with E-state index in [1.807, 2.05) is 17.0 Å². The molecular weight excluding hydrogens is 420 g/mol. The van der Waals surface area contributed by atoms with Gasteiger partial charge in [-0.15, -0.1) is 11.3 Å². The lowest BCUT2D eigenvalue weighted by molar-refractivity contribution is -0.142. The Morgan fingerprint density at radius 2 is 2.03 bits per heavy atom. The van der Waals surface area contributed by atoms with Gasteiger partial charge in [-0.2, -0.15) is 0 Å². The van der Waals surface area contributed by atoms with E-state index in [2.05, 4.69) is 25.3 Å². The minimum Gasteiger partial charge on any atom is -0.491 e. The topological polar surface area (TPSA) is 49.9 Å². The monoisotopic (exact) mass is 448 g/mol. The molecule has 0 saturated carbocycles. The summed E-state index contributed by atoms with van der Waals surface area (Å²) >= 11 is 7.68. The van der Waals surface area contributed by atoms with Gasteiger partial charge in [0.15, 0.2) is 0 Å². The smallest absolute Gasteiger partial charge is 0.242 e. The number of carbonyl (C=O) groups excluding carboxylic acids is 2. The number of hydrogen-bond acceptors (Lipinski definition) is 4. The maximum absolute atomic E-state index is 13.2. The number of rotatable bonds is 8. The highest BCUT2D eigenvalue weighted by Gasteiger charge is 2.33. The third kappa shape index (κ3) is 5.55. The quantitative estimate of drug-likeness (QED) is 0.582. The van der Waals surface area contributed by atoms with Gasteiger partial charge in [-0.05, 0) is 53.6 Å². The van der Waals surface area contributed by atoms with Gasteiger partial charge in [0.05, 0.1) is 12.6 Å². The van der Waals surface area contributed by atoms with E-state index in [9.17, 15) is 9.59 Å². The minimum atomic E-state index is -0.166. The predicted octanol–water partition coefficient (Wildman–Crippen LogP) is 4.80. The Morgan fingerprint density at radius 1 is 1.30 bits per heavy atom. The molecule has 1 aliphatic rings. The molecule has 7 heteroatoms. The van der Waals surface area contributed by atoms with Crippen molar-refractivity contribution in [1.82, 2.24) is 9.80 Å². The van der Waals surface area contributed by atoms with E-state index in [1.165, 1.54) is 11.8 Å². The van der Waals surface area contributed by atoms with Crippen LogP contribution in [-0.4, -0.2) is 47.9 Å². The van der Waals surface area contributed by atoms with Gasteiger partial charge in [0.25, 0.3) is 0 Å². The molecule has 2 atom stereocenters. The van der Waals surface area contributed by atoms with Crippen molar-refractivity contribution in [1.29, 1.82) is 0 Å². The fourth-order valence-corrected chi connectivity index (χ4v) is 4.70. The first-order valence-electron chi connectivity index (χ1n) is 10.4. The zero-order valence-corrected chi connectivity index (χ0v) is 19.3. The van der Waals surface area contributed by atoms with E-state index in [4.69, 9.17) is 16.3 Å². The first-order valence-corrected chi connectivity index (χ1v) is 11.6. The van der Waals surface area contributed by atoms with Crippen LogP contribution in [0, 0.1) is 5.92 Å². The second kappa shape index (κ2) is 10.3. The highest BCUT2D eigenvalue weighted by Crippen LogP contribution is 2.34. The zero-order chi connectivity index (χ0) is 21.7. The third-order valence-corrected chi connectivity index (χ3v) is 6.89. The SMILES string of the molecule is CC[C@H](C)CN(CC(=O)N1CCc2sccc2[C@@H]1COc1ccc(Cl)cc1)C(C)=O. The van der Waals surface area contributed by atoms with Crippen molar-refractivity contribution in [3.05, 3.63) is 51.2 Å². The summed E-state index contributed by atoms with van der Waals surface area (Å²) in [4.78, 5) is 30.2. The molecule has 2 aromatic rings. The van der Waals surface area contributed by atoms with Crippen LogP contribution in [0.15, 0.2) is 35.7 Å². The molecule has 0 N–H and O–H groups in total. The third-order valence-electron chi connectivity index (χ3n) is 5.64. The number of fused-ring (bicyclic) bond motifs is 1. The predicted molar refractivity (Wildman–Crippen MR) is 121 cm³/mol. The minimum absolute atomic E-state index is 0.0324. The Kier molecular flexibility index (Phi) is 7.78. The number of halogens is 1. The molecule has 0 fully saturated rings. The van der Waals surface area contributed by atoms with Gasteiger partial charge >= 0.3 is 0 Å². The van der Waals surface area contributed by atoms with E-state index in [-0.39, 0.29) is 24.4 Å². The van der Waals surface area contributed by atoms with Crippen LogP contribution in [0.4, 0.5) is 0 Å². The first kappa shape index (κ1) is 22.6. The molecule has 0 aliphatic carbocycles. The zero-order valence-electron chi connectivity index (χ0n) is 17.8. The van der Waals surface area contributed by atoms with Gasteiger partial charge in [0, 0.05) is 29.9 Å². The van der Waals surface area contributed by atoms with Crippen LogP contribution < -0.4 is 4.74 Å². The maximum Gasteiger partial charge on any atom is 0.242 e. The molecule has 2 heterocycles. The van der Waals surface area contributed by atoms with Gasteiger partial charge < -0.3 is 14.5 Å². The standard InChI is InChI=1S/C23H29ClN2O3S/c1-4-16(2)13-25(17(3)27)14-23(28)26-11-9-22-20(10-12-30-22)21(26)15-29-19-7-5-18(24)6-8-19/h5-8,10,12,16,21H,4,9,11,13-15H2,1-3H3/t16-,21-/m0/s1. The summed E-state index contributed by atoms with van der Waals surface area (Å²) in [6.07, 6.45) is 1.80. The van der Waals surface area contributed by atoms with Gasteiger partial charge in [0.1, 0.15) is 12.4 Å². The molecule has 30 heavy (non-hydrogen) atoms. The summed E-state index contributed by atoms with van der Waals surface area (Å²) in [5, 5.41) is 2.72. The van der Waals surface area contributed by atoms with Crippen LogP contribution in [-0.2, 0) is 16.0 Å². The number of thiophene rings is 1. The molecule has 5 nitrogen and oxygen atoms in total. The largest absolute Gasteiger partial charge is 0.491 e. The molecule has 0 spiro atoms. The molecule has 0 radical (unpaired) electrons. The maximum atomic E-state index is 13.2. The van der Waals surface area contributed by atoms with Gasteiger partial charge in [-0.1, -0.05) is 31.9 Å². The molecule has 2 amide bonds. The Balaban J connectivity index is 1.74. The van der Waals surface area contributed by atoms with Crippen LogP contribution in [0.3, 0.4) is 0 Å². The van der Waals surface area contributed by atoms with Gasteiger partial charge in [0.2, 0.25) is 11.8 Å². The average molecular weight is 449 g/mol. The van der Waals surface area contributed by atoms with Crippen LogP contribution >= 0.6 is 22.9 Å². The average Bonchev–Trinajstić information content (AvgIpc) is 3.21. The molecule has 0 unspecified atom stereocenters.